The van der Waals surface area contributed by atoms with Gasteiger partial charge in [-0.25, -0.2) is 4.39 Å². The molecule has 1 aliphatic rings. The maximum absolute atomic E-state index is 14.4. The molecule has 0 saturated heterocycles. The molecule has 0 aliphatic carbocycles. The summed E-state index contributed by atoms with van der Waals surface area (Å²) < 4.78 is 19.4. The predicted octanol–water partition coefficient (Wildman–Crippen LogP) is 3.45. The number of nitrogens with zero attached hydrogens (tertiary/aromatic N) is 2. The topological polar surface area (TPSA) is 70.4 Å². The average Bonchev–Trinajstić information content (AvgIpc) is 3.03. The van der Waals surface area contributed by atoms with Gasteiger partial charge in [0.2, 0.25) is 0 Å². The lowest BCUT2D eigenvalue weighted by molar-refractivity contribution is -0.113. The van der Waals surface area contributed by atoms with E-state index in [0.717, 1.165) is 0 Å². The third-order valence-electron chi connectivity index (χ3n) is 4.24. The van der Waals surface area contributed by atoms with E-state index in [1.165, 1.54) is 6.07 Å². The van der Waals surface area contributed by atoms with Crippen molar-refractivity contribution in [3.05, 3.63) is 71.4 Å². The van der Waals surface area contributed by atoms with Gasteiger partial charge in [-0.15, -0.1) is 6.58 Å². The van der Waals surface area contributed by atoms with Gasteiger partial charge in [-0.2, -0.15) is 0 Å². The number of nitrogens with one attached hydrogen (secondary N) is 2. The molecular weight excluding hydrogens is 367 g/mol. The van der Waals surface area contributed by atoms with Crippen LogP contribution in [0.25, 0.3) is 0 Å². The molecule has 1 unspecified atom stereocenters. The number of hydrogen-bond donors (Lipinski definition) is 2. The Bertz CT molecular complexity index is 937. The van der Waals surface area contributed by atoms with Crippen molar-refractivity contribution in [2.75, 3.05) is 11.9 Å². The van der Waals surface area contributed by atoms with Crippen molar-refractivity contribution in [1.82, 2.24) is 15.4 Å². The Balaban J connectivity index is 2.06. The van der Waals surface area contributed by atoms with Gasteiger partial charge < -0.3 is 20.1 Å². The number of allylic oxidation sites excluding steroid dienone is 1. The highest BCUT2D eigenvalue weighted by Gasteiger charge is 2.35. The van der Waals surface area contributed by atoms with Crippen molar-refractivity contribution in [1.29, 1.82) is 0 Å². The van der Waals surface area contributed by atoms with Gasteiger partial charge in [-0.05, 0) is 32.1 Å². The highest BCUT2D eigenvalue weighted by molar-refractivity contribution is 7.80. The fraction of sp³-hybridized carbons (Fsp3) is 0.211. The summed E-state index contributed by atoms with van der Waals surface area (Å²) in [5.41, 5.74) is 1.29. The summed E-state index contributed by atoms with van der Waals surface area (Å²) in [4.78, 5) is 14.8. The lowest BCUT2D eigenvalue weighted by Crippen LogP contribution is -2.48. The molecule has 0 spiro atoms. The molecule has 0 bridgehead atoms. The minimum atomic E-state index is -0.729. The Morgan fingerprint density at radius 2 is 2.22 bits per heavy atom. The first kappa shape index (κ1) is 18.8. The molecular formula is C19H19FN4O2S. The van der Waals surface area contributed by atoms with Crippen LogP contribution >= 0.6 is 12.2 Å². The summed E-state index contributed by atoms with van der Waals surface area (Å²) in [6.07, 6.45) is 1.68. The van der Waals surface area contributed by atoms with Gasteiger partial charge >= 0.3 is 0 Å². The molecule has 1 atom stereocenters. The Morgan fingerprint density at radius 3 is 2.85 bits per heavy atom. The molecule has 27 heavy (non-hydrogen) atoms. The second-order valence-corrected chi connectivity index (χ2v) is 6.47. The molecule has 2 heterocycles. The minimum Gasteiger partial charge on any atom is -0.360 e. The van der Waals surface area contributed by atoms with Crippen LogP contribution in [0.3, 0.4) is 0 Å². The standard InChI is InChI=1S/C19H19FN4O2S/c1-4-9-24-12(3)16(18(25)21-15-10-11(2)26-23-15)17(22-19(24)27)13-7-5-6-8-14(13)20/h4-8,10,17H,1,9H2,2-3H3,(H,22,27)(H,21,23,25). The maximum atomic E-state index is 14.4. The van der Waals surface area contributed by atoms with Crippen molar-refractivity contribution in [3.63, 3.8) is 0 Å². The predicted molar refractivity (Wildman–Crippen MR) is 104 cm³/mol. The van der Waals surface area contributed by atoms with Crippen LogP contribution in [0.5, 0.6) is 0 Å². The smallest absolute Gasteiger partial charge is 0.257 e. The minimum absolute atomic E-state index is 0.286. The molecule has 2 aromatic rings. The summed E-state index contributed by atoms with van der Waals surface area (Å²) >= 11 is 5.41. The van der Waals surface area contributed by atoms with Crippen molar-refractivity contribution >= 4 is 29.1 Å². The second kappa shape index (κ2) is 7.71. The van der Waals surface area contributed by atoms with Crippen molar-refractivity contribution in [3.8, 4) is 0 Å². The van der Waals surface area contributed by atoms with Crippen LogP contribution in [-0.4, -0.2) is 27.6 Å². The van der Waals surface area contributed by atoms with Crippen LogP contribution in [0.4, 0.5) is 10.2 Å². The molecule has 8 heteroatoms. The first-order valence-corrected chi connectivity index (χ1v) is 8.72. The van der Waals surface area contributed by atoms with E-state index in [1.54, 1.807) is 49.1 Å². The number of thiocarbonyl (C=S) groups is 1. The van der Waals surface area contributed by atoms with E-state index >= 15 is 0 Å². The number of aromatic nitrogens is 1. The molecule has 1 aliphatic heterocycles. The van der Waals surface area contributed by atoms with Gasteiger partial charge in [0.05, 0.1) is 11.6 Å². The highest BCUT2D eigenvalue weighted by Crippen LogP contribution is 2.32. The van der Waals surface area contributed by atoms with E-state index in [4.69, 9.17) is 16.7 Å². The highest BCUT2D eigenvalue weighted by atomic mass is 32.1. The summed E-state index contributed by atoms with van der Waals surface area (Å²) in [7, 11) is 0. The Morgan fingerprint density at radius 1 is 1.48 bits per heavy atom. The van der Waals surface area contributed by atoms with Gasteiger partial charge in [0.25, 0.3) is 5.91 Å². The SMILES string of the molecule is C=CCN1C(=S)NC(c2ccccc2F)C(C(=O)Nc2cc(C)on2)=C1C. The normalized spacial score (nSPS) is 16.9. The first-order valence-electron chi connectivity index (χ1n) is 8.31. The van der Waals surface area contributed by atoms with E-state index < -0.39 is 17.8 Å². The van der Waals surface area contributed by atoms with Gasteiger partial charge in [0.1, 0.15) is 11.6 Å². The van der Waals surface area contributed by atoms with Crippen molar-refractivity contribution in [2.45, 2.75) is 19.9 Å². The molecule has 1 aromatic carbocycles. The Hall–Kier alpha value is -3.00. The third-order valence-corrected chi connectivity index (χ3v) is 4.58. The molecule has 1 aromatic heterocycles. The Kier molecular flexibility index (Phi) is 5.36. The van der Waals surface area contributed by atoms with Crippen molar-refractivity contribution < 1.29 is 13.7 Å². The van der Waals surface area contributed by atoms with E-state index in [2.05, 4.69) is 22.4 Å². The molecule has 0 fully saturated rings. The number of amides is 1. The maximum Gasteiger partial charge on any atom is 0.257 e. The fourth-order valence-corrected chi connectivity index (χ4v) is 3.31. The average molecular weight is 386 g/mol. The molecule has 6 nitrogen and oxygen atoms in total. The monoisotopic (exact) mass is 386 g/mol. The zero-order valence-corrected chi connectivity index (χ0v) is 15.8. The number of anilines is 1. The van der Waals surface area contributed by atoms with Crippen molar-refractivity contribution in [2.24, 2.45) is 0 Å². The number of rotatable bonds is 5. The third kappa shape index (κ3) is 3.75. The first-order chi connectivity index (χ1) is 12.9. The van der Waals surface area contributed by atoms with E-state index in [-0.39, 0.29) is 5.82 Å². The summed E-state index contributed by atoms with van der Waals surface area (Å²) in [5, 5.41) is 9.95. The largest absolute Gasteiger partial charge is 0.360 e. The van der Waals surface area contributed by atoms with E-state index in [1.807, 2.05) is 0 Å². The molecule has 0 saturated carbocycles. The van der Waals surface area contributed by atoms with E-state index in [0.29, 0.717) is 34.3 Å². The summed E-state index contributed by atoms with van der Waals surface area (Å²) in [6.45, 7) is 7.63. The molecule has 140 valence electrons. The zero-order chi connectivity index (χ0) is 19.6. The quantitative estimate of drug-likeness (QED) is 0.606. The van der Waals surface area contributed by atoms with Gasteiger partial charge in [-0.1, -0.05) is 29.4 Å². The zero-order valence-electron chi connectivity index (χ0n) is 15.0. The lowest BCUT2D eigenvalue weighted by Gasteiger charge is -2.37. The van der Waals surface area contributed by atoms with Crippen LogP contribution in [0, 0.1) is 12.7 Å². The number of halogens is 1. The number of carbonyl (C=O) groups excluding carboxylic acids is 1. The van der Waals surface area contributed by atoms with Gasteiger partial charge in [-0.3, -0.25) is 4.79 Å². The van der Waals surface area contributed by atoms with Gasteiger partial charge in [0, 0.05) is 23.9 Å². The van der Waals surface area contributed by atoms with Crippen LogP contribution in [0.1, 0.15) is 24.3 Å². The number of carbonyl (C=O) groups is 1. The number of hydrogen-bond acceptors (Lipinski definition) is 4. The van der Waals surface area contributed by atoms with Crippen LogP contribution in [-0.2, 0) is 4.79 Å². The molecule has 1 amide bonds. The molecule has 0 radical (unpaired) electrons. The van der Waals surface area contributed by atoms with Gasteiger partial charge in [0.15, 0.2) is 10.9 Å². The van der Waals surface area contributed by atoms with Crippen LogP contribution in [0.2, 0.25) is 0 Å². The fourth-order valence-electron chi connectivity index (χ4n) is 2.98. The lowest BCUT2D eigenvalue weighted by atomic mass is 9.94. The summed E-state index contributed by atoms with van der Waals surface area (Å²) in [6, 6.07) is 7.16. The number of benzene rings is 1. The Labute approximate surface area is 161 Å². The second-order valence-electron chi connectivity index (χ2n) is 6.08. The molecule has 3 rings (SSSR count). The molecule has 2 N–H and O–H groups in total. The summed E-state index contributed by atoms with van der Waals surface area (Å²) in [5.74, 6) is 0.00913. The number of aryl methyl sites for hydroxylation is 1. The van der Waals surface area contributed by atoms with Crippen LogP contribution in [0.15, 0.2) is 58.8 Å². The van der Waals surface area contributed by atoms with E-state index in [9.17, 15) is 9.18 Å². The van der Waals surface area contributed by atoms with Crippen LogP contribution < -0.4 is 10.6 Å².